The molecule has 1 aromatic heterocycles. The first-order valence-electron chi connectivity index (χ1n) is 6.81. The highest BCUT2D eigenvalue weighted by Crippen LogP contribution is 2.13. The van der Waals surface area contributed by atoms with Crippen molar-refractivity contribution in [1.82, 2.24) is 4.57 Å². The molecule has 0 aliphatic carbocycles. The SMILES string of the molecule is CC.CCOC(=O)c1cn(C)c2cc(C)ccc2c1=O. The van der Waals surface area contributed by atoms with E-state index >= 15 is 0 Å². The van der Waals surface area contributed by atoms with Crippen LogP contribution in [0.15, 0.2) is 29.2 Å². The first-order valence-corrected chi connectivity index (χ1v) is 6.81. The van der Waals surface area contributed by atoms with Crippen LogP contribution in [0.4, 0.5) is 0 Å². The van der Waals surface area contributed by atoms with Crippen molar-refractivity contribution in [2.45, 2.75) is 27.7 Å². The van der Waals surface area contributed by atoms with E-state index in [1.165, 1.54) is 6.20 Å². The fourth-order valence-corrected chi connectivity index (χ4v) is 1.95. The molecule has 1 aromatic carbocycles. The van der Waals surface area contributed by atoms with Gasteiger partial charge in [0.1, 0.15) is 5.56 Å². The van der Waals surface area contributed by atoms with Crippen molar-refractivity contribution in [1.29, 1.82) is 0 Å². The van der Waals surface area contributed by atoms with E-state index in [1.807, 2.05) is 40.0 Å². The van der Waals surface area contributed by atoms with Crippen LogP contribution in [0.2, 0.25) is 0 Å². The van der Waals surface area contributed by atoms with Gasteiger partial charge >= 0.3 is 5.97 Å². The molecule has 20 heavy (non-hydrogen) atoms. The summed E-state index contributed by atoms with van der Waals surface area (Å²) in [7, 11) is 1.81. The lowest BCUT2D eigenvalue weighted by Crippen LogP contribution is -2.20. The number of aromatic nitrogens is 1. The molecule has 0 aliphatic heterocycles. The Hall–Kier alpha value is -2.10. The van der Waals surface area contributed by atoms with Gasteiger partial charge in [-0.15, -0.1) is 0 Å². The largest absolute Gasteiger partial charge is 0.462 e. The van der Waals surface area contributed by atoms with Crippen LogP contribution < -0.4 is 5.43 Å². The lowest BCUT2D eigenvalue weighted by Gasteiger charge is -2.09. The van der Waals surface area contributed by atoms with E-state index in [-0.39, 0.29) is 17.6 Å². The monoisotopic (exact) mass is 275 g/mol. The summed E-state index contributed by atoms with van der Waals surface area (Å²) in [5.74, 6) is -0.569. The van der Waals surface area contributed by atoms with Crippen LogP contribution in [0.5, 0.6) is 0 Å². The summed E-state index contributed by atoms with van der Waals surface area (Å²) in [6.45, 7) is 7.93. The molecule has 0 saturated carbocycles. The molecule has 2 rings (SSSR count). The summed E-state index contributed by atoms with van der Waals surface area (Å²) in [4.78, 5) is 23.9. The number of nitrogens with zero attached hydrogens (tertiary/aromatic N) is 1. The Kier molecular flexibility index (Phi) is 5.50. The van der Waals surface area contributed by atoms with Gasteiger partial charge in [-0.3, -0.25) is 4.79 Å². The molecule has 2 aromatic rings. The first-order chi connectivity index (χ1) is 9.54. The molecule has 4 heteroatoms. The Morgan fingerprint density at radius 2 is 1.95 bits per heavy atom. The molecule has 0 N–H and O–H groups in total. The van der Waals surface area contributed by atoms with Gasteiger partial charge in [0.2, 0.25) is 5.43 Å². The molecule has 4 nitrogen and oxygen atoms in total. The Balaban J connectivity index is 0.000000956. The number of pyridine rings is 1. The summed E-state index contributed by atoms with van der Waals surface area (Å²) in [6.07, 6.45) is 1.53. The normalized spacial score (nSPS) is 9.85. The van der Waals surface area contributed by atoms with Crippen LogP contribution in [0, 0.1) is 6.92 Å². The smallest absolute Gasteiger partial charge is 0.343 e. The minimum atomic E-state index is -0.569. The minimum absolute atomic E-state index is 0.0794. The minimum Gasteiger partial charge on any atom is -0.462 e. The van der Waals surface area contributed by atoms with Crippen molar-refractivity contribution in [3.05, 3.63) is 45.7 Å². The molecular formula is C16H21NO3. The quantitative estimate of drug-likeness (QED) is 0.791. The maximum atomic E-state index is 12.2. The van der Waals surface area contributed by atoms with E-state index in [2.05, 4.69) is 0 Å². The van der Waals surface area contributed by atoms with Crippen LogP contribution in [0.1, 0.15) is 36.7 Å². The molecule has 0 radical (unpaired) electrons. The van der Waals surface area contributed by atoms with Gasteiger partial charge in [-0.05, 0) is 31.5 Å². The number of esters is 1. The Labute approximate surface area is 119 Å². The zero-order valence-electron chi connectivity index (χ0n) is 12.7. The molecule has 0 fully saturated rings. The van der Waals surface area contributed by atoms with Crippen LogP contribution >= 0.6 is 0 Å². The molecule has 0 unspecified atom stereocenters. The number of carbonyl (C=O) groups is 1. The number of aryl methyl sites for hydroxylation is 2. The average molecular weight is 275 g/mol. The van der Waals surface area contributed by atoms with Gasteiger partial charge in [0.05, 0.1) is 12.1 Å². The predicted octanol–water partition coefficient (Wildman–Crippen LogP) is 3.05. The standard InChI is InChI=1S/C14H15NO3.C2H6/c1-4-18-14(17)11-8-15(3)12-7-9(2)5-6-10(12)13(11)16;1-2/h5-8H,4H2,1-3H3;1-2H3. The number of hydrogen-bond donors (Lipinski definition) is 0. The molecular weight excluding hydrogens is 254 g/mol. The highest BCUT2D eigenvalue weighted by molar-refractivity contribution is 5.93. The van der Waals surface area contributed by atoms with Gasteiger partial charge in [0.25, 0.3) is 0 Å². The van der Waals surface area contributed by atoms with E-state index < -0.39 is 5.97 Å². The first kappa shape index (κ1) is 16.0. The van der Waals surface area contributed by atoms with Crippen LogP contribution in [-0.4, -0.2) is 17.1 Å². The van der Waals surface area contributed by atoms with Gasteiger partial charge < -0.3 is 9.30 Å². The Morgan fingerprint density at radius 3 is 2.55 bits per heavy atom. The topological polar surface area (TPSA) is 48.3 Å². The fourth-order valence-electron chi connectivity index (χ4n) is 1.95. The molecule has 0 amide bonds. The van der Waals surface area contributed by atoms with Crippen molar-refractivity contribution in [2.75, 3.05) is 6.61 Å². The number of ether oxygens (including phenoxy) is 1. The summed E-state index contributed by atoms with van der Waals surface area (Å²) >= 11 is 0. The van der Waals surface area contributed by atoms with E-state index in [4.69, 9.17) is 4.74 Å². The van der Waals surface area contributed by atoms with E-state index in [0.717, 1.165) is 11.1 Å². The molecule has 0 aliphatic rings. The number of hydrogen-bond acceptors (Lipinski definition) is 3. The summed E-state index contributed by atoms with van der Waals surface area (Å²) in [6, 6.07) is 5.53. The second-order valence-electron chi connectivity index (χ2n) is 4.22. The van der Waals surface area contributed by atoms with Crippen molar-refractivity contribution in [2.24, 2.45) is 7.05 Å². The maximum absolute atomic E-state index is 12.2. The summed E-state index contributed by atoms with van der Waals surface area (Å²) in [5.41, 5.74) is 1.69. The van der Waals surface area contributed by atoms with E-state index in [0.29, 0.717) is 5.39 Å². The third-order valence-corrected chi connectivity index (χ3v) is 2.84. The number of benzene rings is 1. The van der Waals surface area contributed by atoms with Gasteiger partial charge in [-0.1, -0.05) is 19.9 Å². The van der Waals surface area contributed by atoms with Crippen LogP contribution in [0.25, 0.3) is 10.9 Å². The fraction of sp³-hybridized carbons (Fsp3) is 0.375. The summed E-state index contributed by atoms with van der Waals surface area (Å²) in [5, 5.41) is 0.536. The predicted molar refractivity (Wildman–Crippen MR) is 81.2 cm³/mol. The van der Waals surface area contributed by atoms with Crippen LogP contribution in [0.3, 0.4) is 0 Å². The molecule has 0 bridgehead atoms. The highest BCUT2D eigenvalue weighted by atomic mass is 16.5. The van der Waals surface area contributed by atoms with Gasteiger partial charge in [0.15, 0.2) is 0 Å². The van der Waals surface area contributed by atoms with Gasteiger partial charge in [-0.25, -0.2) is 4.79 Å². The highest BCUT2D eigenvalue weighted by Gasteiger charge is 2.15. The third kappa shape index (κ3) is 3.07. The lowest BCUT2D eigenvalue weighted by molar-refractivity contribution is 0.0524. The van der Waals surface area contributed by atoms with Gasteiger partial charge in [0, 0.05) is 18.6 Å². The van der Waals surface area contributed by atoms with Crippen LogP contribution in [-0.2, 0) is 11.8 Å². The molecule has 108 valence electrons. The zero-order chi connectivity index (χ0) is 15.3. The second-order valence-corrected chi connectivity index (χ2v) is 4.22. The van der Waals surface area contributed by atoms with Crippen molar-refractivity contribution in [3.63, 3.8) is 0 Å². The number of carbonyl (C=O) groups excluding carboxylic acids is 1. The molecule has 0 atom stereocenters. The third-order valence-electron chi connectivity index (χ3n) is 2.84. The maximum Gasteiger partial charge on any atom is 0.343 e. The Morgan fingerprint density at radius 1 is 1.30 bits per heavy atom. The second kappa shape index (κ2) is 6.89. The van der Waals surface area contributed by atoms with E-state index in [1.54, 1.807) is 17.6 Å². The van der Waals surface area contributed by atoms with Gasteiger partial charge in [-0.2, -0.15) is 0 Å². The molecule has 0 saturated heterocycles. The average Bonchev–Trinajstić information content (AvgIpc) is 2.45. The number of fused-ring (bicyclic) bond motifs is 1. The van der Waals surface area contributed by atoms with Crippen molar-refractivity contribution in [3.8, 4) is 0 Å². The Bertz CT molecular complexity index is 671. The lowest BCUT2D eigenvalue weighted by atomic mass is 10.1. The molecule has 1 heterocycles. The zero-order valence-corrected chi connectivity index (χ0v) is 12.7. The molecule has 0 spiro atoms. The summed E-state index contributed by atoms with van der Waals surface area (Å²) < 4.78 is 6.66. The van der Waals surface area contributed by atoms with E-state index in [9.17, 15) is 9.59 Å². The van der Waals surface area contributed by atoms with Crippen molar-refractivity contribution >= 4 is 16.9 Å². The number of rotatable bonds is 2. The van der Waals surface area contributed by atoms with Crippen molar-refractivity contribution < 1.29 is 9.53 Å².